The summed E-state index contributed by atoms with van der Waals surface area (Å²) in [5.41, 5.74) is 2.22. The van der Waals surface area contributed by atoms with Crippen LogP contribution < -0.4 is 10.3 Å². The molecule has 0 saturated carbocycles. The summed E-state index contributed by atoms with van der Waals surface area (Å²) in [5, 5.41) is 11.4. The van der Waals surface area contributed by atoms with E-state index in [-0.39, 0.29) is 11.2 Å². The first-order chi connectivity index (χ1) is 12.6. The fraction of sp³-hybridized carbons (Fsp3) is 0.250. The van der Waals surface area contributed by atoms with Crippen LogP contribution in [0, 0.1) is 0 Å². The van der Waals surface area contributed by atoms with Crippen molar-refractivity contribution in [1.82, 2.24) is 0 Å². The lowest BCUT2D eigenvalue weighted by Crippen LogP contribution is -3.12. The van der Waals surface area contributed by atoms with Crippen molar-refractivity contribution in [2.45, 2.75) is 6.54 Å². The molecule has 1 aliphatic heterocycles. The first-order valence-corrected chi connectivity index (χ1v) is 8.95. The largest absolute Gasteiger partial charge is 0.507 e. The standard InChI is InChI=1S/C20H18ClNO4/c21-14-3-1-13(2-4-14)17-12-26-20-15(19(17)24)5-6-18(23)16(20)11-22-7-9-25-10-8-22/h1-6,12,23H,7-11H2/p+1. The van der Waals surface area contributed by atoms with Gasteiger partial charge in [-0.25, -0.2) is 0 Å². The van der Waals surface area contributed by atoms with Crippen molar-refractivity contribution in [3.8, 4) is 16.9 Å². The van der Waals surface area contributed by atoms with Crippen molar-refractivity contribution in [2.24, 2.45) is 0 Å². The van der Waals surface area contributed by atoms with Gasteiger partial charge in [-0.15, -0.1) is 0 Å². The number of phenolic OH excluding ortho intramolecular Hbond substituents is 1. The molecule has 1 aliphatic rings. The summed E-state index contributed by atoms with van der Waals surface area (Å²) in [4.78, 5) is 14.3. The highest BCUT2D eigenvalue weighted by Crippen LogP contribution is 2.28. The third kappa shape index (κ3) is 3.21. The lowest BCUT2D eigenvalue weighted by Gasteiger charge is -2.24. The van der Waals surface area contributed by atoms with Gasteiger partial charge >= 0.3 is 0 Å². The second-order valence-corrected chi connectivity index (χ2v) is 6.90. The Morgan fingerprint density at radius 3 is 2.54 bits per heavy atom. The number of halogens is 1. The Balaban J connectivity index is 1.79. The predicted molar refractivity (Wildman–Crippen MR) is 99.8 cm³/mol. The highest BCUT2D eigenvalue weighted by atomic mass is 35.5. The second-order valence-electron chi connectivity index (χ2n) is 6.46. The molecule has 1 saturated heterocycles. The van der Waals surface area contributed by atoms with Crippen LogP contribution in [0.2, 0.25) is 5.02 Å². The average molecular weight is 373 g/mol. The predicted octanol–water partition coefficient (Wildman–Crippen LogP) is 2.23. The molecule has 134 valence electrons. The molecule has 0 amide bonds. The summed E-state index contributed by atoms with van der Waals surface area (Å²) in [7, 11) is 0. The number of quaternary nitrogens is 1. The molecule has 0 spiro atoms. The minimum atomic E-state index is -0.119. The number of benzene rings is 2. The normalized spacial score (nSPS) is 15.4. The summed E-state index contributed by atoms with van der Waals surface area (Å²) in [6.07, 6.45) is 1.46. The van der Waals surface area contributed by atoms with Gasteiger partial charge in [-0.3, -0.25) is 4.79 Å². The van der Waals surface area contributed by atoms with E-state index < -0.39 is 0 Å². The summed E-state index contributed by atoms with van der Waals surface area (Å²) >= 11 is 5.92. The van der Waals surface area contributed by atoms with E-state index in [2.05, 4.69) is 0 Å². The number of nitrogens with one attached hydrogen (secondary N) is 1. The number of hydrogen-bond acceptors (Lipinski definition) is 4. The number of ether oxygens (including phenoxy) is 1. The molecule has 3 aromatic rings. The smallest absolute Gasteiger partial charge is 0.200 e. The zero-order valence-electron chi connectivity index (χ0n) is 14.1. The molecule has 0 aliphatic carbocycles. The molecule has 4 rings (SSSR count). The van der Waals surface area contributed by atoms with Crippen LogP contribution in [-0.4, -0.2) is 31.4 Å². The van der Waals surface area contributed by atoms with Gasteiger partial charge in [-0.05, 0) is 29.8 Å². The van der Waals surface area contributed by atoms with Crippen molar-refractivity contribution in [1.29, 1.82) is 0 Å². The first kappa shape index (κ1) is 17.1. The Morgan fingerprint density at radius 2 is 1.81 bits per heavy atom. The molecule has 0 bridgehead atoms. The van der Waals surface area contributed by atoms with Gasteiger partial charge in [0.25, 0.3) is 0 Å². The van der Waals surface area contributed by atoms with E-state index >= 15 is 0 Å². The molecule has 2 N–H and O–H groups in total. The summed E-state index contributed by atoms with van der Waals surface area (Å²) in [6, 6.07) is 10.3. The van der Waals surface area contributed by atoms with Crippen molar-refractivity contribution >= 4 is 22.6 Å². The molecular formula is C20H19ClNO4+. The van der Waals surface area contributed by atoms with E-state index in [0.29, 0.717) is 46.9 Å². The fourth-order valence-electron chi connectivity index (χ4n) is 3.33. The third-order valence-corrected chi connectivity index (χ3v) is 5.05. The quantitative estimate of drug-likeness (QED) is 0.740. The van der Waals surface area contributed by atoms with E-state index in [1.807, 2.05) is 0 Å². The zero-order valence-corrected chi connectivity index (χ0v) is 14.9. The third-order valence-electron chi connectivity index (χ3n) is 4.80. The monoisotopic (exact) mass is 372 g/mol. The van der Waals surface area contributed by atoms with Crippen molar-refractivity contribution < 1.29 is 19.2 Å². The Morgan fingerprint density at radius 1 is 1.08 bits per heavy atom. The maximum Gasteiger partial charge on any atom is 0.200 e. The van der Waals surface area contributed by atoms with Gasteiger partial charge < -0.3 is 19.2 Å². The lowest BCUT2D eigenvalue weighted by atomic mass is 10.0. The van der Waals surface area contributed by atoms with Crippen LogP contribution in [0.4, 0.5) is 0 Å². The van der Waals surface area contributed by atoms with Gasteiger partial charge in [-0.2, -0.15) is 0 Å². The molecule has 0 radical (unpaired) electrons. The molecule has 1 aromatic heterocycles. The first-order valence-electron chi connectivity index (χ1n) is 8.57. The molecule has 0 atom stereocenters. The molecule has 26 heavy (non-hydrogen) atoms. The highest BCUT2D eigenvalue weighted by Gasteiger charge is 2.21. The van der Waals surface area contributed by atoms with Crippen LogP contribution in [-0.2, 0) is 11.3 Å². The van der Waals surface area contributed by atoms with Crippen molar-refractivity contribution in [3.05, 3.63) is 63.5 Å². The molecule has 6 heteroatoms. The Hall–Kier alpha value is -2.34. The Kier molecular flexibility index (Phi) is 4.68. The van der Waals surface area contributed by atoms with Gasteiger partial charge in [0.15, 0.2) is 0 Å². The number of rotatable bonds is 3. The molecule has 1 fully saturated rings. The van der Waals surface area contributed by atoms with Crippen LogP contribution in [0.1, 0.15) is 5.56 Å². The van der Waals surface area contributed by atoms with Crippen molar-refractivity contribution in [3.63, 3.8) is 0 Å². The van der Waals surface area contributed by atoms with E-state index in [1.165, 1.54) is 11.2 Å². The highest BCUT2D eigenvalue weighted by molar-refractivity contribution is 6.30. The Bertz CT molecular complexity index is 991. The minimum Gasteiger partial charge on any atom is -0.507 e. The van der Waals surface area contributed by atoms with E-state index in [4.69, 9.17) is 20.8 Å². The van der Waals surface area contributed by atoms with Crippen LogP contribution in [0.15, 0.2) is 51.9 Å². The molecule has 5 nitrogen and oxygen atoms in total. The van der Waals surface area contributed by atoms with E-state index in [1.54, 1.807) is 36.4 Å². The molecular weight excluding hydrogens is 354 g/mol. The average Bonchev–Trinajstić information content (AvgIpc) is 2.66. The lowest BCUT2D eigenvalue weighted by molar-refractivity contribution is -0.921. The van der Waals surface area contributed by atoms with Gasteiger partial charge in [0.1, 0.15) is 37.2 Å². The van der Waals surface area contributed by atoms with Gasteiger partial charge in [-0.1, -0.05) is 23.7 Å². The summed E-state index contributed by atoms with van der Waals surface area (Å²) in [6.45, 7) is 3.72. The molecule has 0 unspecified atom stereocenters. The number of morpholine rings is 1. The van der Waals surface area contributed by atoms with Crippen LogP contribution in [0.3, 0.4) is 0 Å². The number of hydrogen-bond donors (Lipinski definition) is 2. The SMILES string of the molecule is O=c1c(-c2ccc(Cl)cc2)coc2c(C[NH+]3CCOCC3)c(O)ccc12. The van der Waals surface area contributed by atoms with Gasteiger partial charge in [0, 0.05) is 5.02 Å². The second kappa shape index (κ2) is 7.11. The number of fused-ring (bicyclic) bond motifs is 1. The van der Waals surface area contributed by atoms with Crippen molar-refractivity contribution in [2.75, 3.05) is 26.3 Å². The molecule has 2 aromatic carbocycles. The minimum absolute atomic E-state index is 0.119. The van der Waals surface area contributed by atoms with Gasteiger partial charge in [0.05, 0.1) is 29.7 Å². The van der Waals surface area contributed by atoms with Crippen LogP contribution >= 0.6 is 11.6 Å². The number of phenols is 1. The zero-order chi connectivity index (χ0) is 18.1. The maximum atomic E-state index is 13.0. The summed E-state index contributed by atoms with van der Waals surface area (Å²) < 4.78 is 11.2. The van der Waals surface area contributed by atoms with E-state index in [0.717, 1.165) is 18.7 Å². The maximum absolute atomic E-state index is 13.0. The number of aromatic hydroxyl groups is 1. The Labute approximate surface area is 155 Å². The van der Waals surface area contributed by atoms with Crippen LogP contribution in [0.5, 0.6) is 5.75 Å². The fourth-order valence-corrected chi connectivity index (χ4v) is 3.46. The summed E-state index contributed by atoms with van der Waals surface area (Å²) in [5.74, 6) is 0.152. The van der Waals surface area contributed by atoms with E-state index in [9.17, 15) is 9.90 Å². The topological polar surface area (TPSA) is 64.1 Å². The van der Waals surface area contributed by atoms with Gasteiger partial charge in [0.2, 0.25) is 5.43 Å². The molecule has 2 heterocycles. The van der Waals surface area contributed by atoms with Crippen LogP contribution in [0.25, 0.3) is 22.1 Å².